The molecule has 0 saturated heterocycles. The number of rotatable bonds is 8. The summed E-state index contributed by atoms with van der Waals surface area (Å²) in [5.74, 6) is 0.639. The van der Waals surface area contributed by atoms with E-state index in [9.17, 15) is 14.0 Å². The van der Waals surface area contributed by atoms with Gasteiger partial charge in [-0.1, -0.05) is 42.5 Å². The van der Waals surface area contributed by atoms with Gasteiger partial charge < -0.3 is 4.74 Å². The van der Waals surface area contributed by atoms with Crippen molar-refractivity contribution in [3.8, 4) is 5.75 Å². The maximum Gasteiger partial charge on any atom is 0.332 e. The van der Waals surface area contributed by atoms with E-state index in [1.165, 1.54) is 23.7 Å². The molecule has 10 heteroatoms. The number of benzene rings is 3. The zero-order chi connectivity index (χ0) is 26.6. The summed E-state index contributed by atoms with van der Waals surface area (Å²) in [7, 11) is 2.96. The van der Waals surface area contributed by atoms with Crippen LogP contribution in [0.5, 0.6) is 5.75 Å². The van der Waals surface area contributed by atoms with Crippen LogP contribution in [0.4, 0.5) is 10.3 Å². The number of fused-ring (bicyclic) bond motifs is 1. The van der Waals surface area contributed by atoms with Crippen molar-refractivity contribution in [1.82, 2.24) is 18.7 Å². The van der Waals surface area contributed by atoms with Crippen molar-refractivity contribution in [2.45, 2.75) is 13.2 Å². The summed E-state index contributed by atoms with van der Waals surface area (Å²) >= 11 is 0. The van der Waals surface area contributed by atoms with Gasteiger partial charge in [0.25, 0.3) is 5.56 Å². The minimum atomic E-state index is -0.487. The van der Waals surface area contributed by atoms with E-state index in [2.05, 4.69) is 15.5 Å². The SMILES string of the molecule is Cn1c(=O)c2c(nc(NN=Cc3ccc(OCc4ccccc4)cc3)n2Cc2ccc(F)cc2)n(C)c1=O. The molecule has 0 saturated carbocycles. The first-order valence-corrected chi connectivity index (χ1v) is 11.9. The monoisotopic (exact) mass is 512 g/mol. The molecule has 1 N–H and O–H groups in total. The first-order chi connectivity index (χ1) is 18.4. The zero-order valence-electron chi connectivity index (χ0n) is 20.8. The van der Waals surface area contributed by atoms with Gasteiger partial charge in [-0.25, -0.2) is 14.6 Å². The number of ether oxygens (including phenoxy) is 1. The second-order valence-electron chi connectivity index (χ2n) is 8.74. The summed E-state index contributed by atoms with van der Waals surface area (Å²) in [6.07, 6.45) is 1.61. The molecule has 2 aromatic heterocycles. The number of aromatic nitrogens is 4. The summed E-state index contributed by atoms with van der Waals surface area (Å²) in [5, 5.41) is 4.30. The number of imidazole rings is 1. The molecule has 0 amide bonds. The van der Waals surface area contributed by atoms with Crippen LogP contribution in [0.3, 0.4) is 0 Å². The van der Waals surface area contributed by atoms with Crippen LogP contribution in [0.2, 0.25) is 0 Å². The highest BCUT2D eigenvalue weighted by molar-refractivity contribution is 5.80. The first kappa shape index (κ1) is 24.7. The van der Waals surface area contributed by atoms with Crippen molar-refractivity contribution in [3.63, 3.8) is 0 Å². The molecule has 5 aromatic rings. The lowest BCUT2D eigenvalue weighted by molar-refractivity contribution is 0.306. The maximum atomic E-state index is 13.4. The molecule has 5 rings (SSSR count). The van der Waals surface area contributed by atoms with Crippen LogP contribution in [0.15, 0.2) is 93.6 Å². The third-order valence-corrected chi connectivity index (χ3v) is 6.11. The van der Waals surface area contributed by atoms with Gasteiger partial charge in [0, 0.05) is 14.1 Å². The number of aryl methyl sites for hydroxylation is 1. The van der Waals surface area contributed by atoms with Crippen molar-refractivity contribution in [1.29, 1.82) is 0 Å². The highest BCUT2D eigenvalue weighted by Crippen LogP contribution is 2.19. The summed E-state index contributed by atoms with van der Waals surface area (Å²) in [6, 6.07) is 23.3. The molecule has 0 aliphatic carbocycles. The lowest BCUT2D eigenvalue weighted by atomic mass is 10.2. The molecule has 0 spiro atoms. The molecular formula is C28H25FN6O3. The van der Waals surface area contributed by atoms with E-state index in [-0.39, 0.29) is 29.5 Å². The van der Waals surface area contributed by atoms with Crippen LogP contribution in [-0.4, -0.2) is 24.9 Å². The molecule has 0 radical (unpaired) electrons. The van der Waals surface area contributed by atoms with Gasteiger partial charge in [-0.05, 0) is 53.1 Å². The lowest BCUT2D eigenvalue weighted by Crippen LogP contribution is -2.37. The Morgan fingerprint density at radius 3 is 2.34 bits per heavy atom. The van der Waals surface area contributed by atoms with Gasteiger partial charge in [0.2, 0.25) is 5.95 Å². The molecule has 38 heavy (non-hydrogen) atoms. The van der Waals surface area contributed by atoms with Crippen molar-refractivity contribution in [2.24, 2.45) is 19.2 Å². The Morgan fingerprint density at radius 1 is 0.921 bits per heavy atom. The number of halogens is 1. The smallest absolute Gasteiger partial charge is 0.332 e. The van der Waals surface area contributed by atoms with Crippen molar-refractivity contribution >= 4 is 23.3 Å². The predicted octanol–water partition coefficient (Wildman–Crippen LogP) is 3.65. The third-order valence-electron chi connectivity index (χ3n) is 6.11. The second-order valence-corrected chi connectivity index (χ2v) is 8.74. The second kappa shape index (κ2) is 10.6. The van der Waals surface area contributed by atoms with E-state index in [4.69, 9.17) is 4.74 Å². The van der Waals surface area contributed by atoms with Crippen molar-refractivity contribution < 1.29 is 9.13 Å². The molecule has 0 unspecified atom stereocenters. The standard InChI is InChI=1S/C28H25FN6O3/c1-33-25-24(26(36)34(2)28(33)37)35(17-20-8-12-22(29)13-9-20)27(31-25)32-30-16-19-10-14-23(15-11-19)38-18-21-6-4-3-5-7-21/h3-16H,17-18H2,1-2H3,(H,31,32). The van der Waals surface area contributed by atoms with E-state index in [1.807, 2.05) is 54.6 Å². The van der Waals surface area contributed by atoms with Crippen LogP contribution in [0.1, 0.15) is 16.7 Å². The van der Waals surface area contributed by atoms with Crippen molar-refractivity contribution in [3.05, 3.63) is 122 Å². The molecule has 2 heterocycles. The number of hydrogen-bond donors (Lipinski definition) is 1. The Morgan fingerprint density at radius 2 is 1.63 bits per heavy atom. The minimum absolute atomic E-state index is 0.218. The summed E-state index contributed by atoms with van der Waals surface area (Å²) in [4.78, 5) is 29.9. The fourth-order valence-corrected chi connectivity index (χ4v) is 4.01. The van der Waals surface area contributed by atoms with Crippen molar-refractivity contribution in [2.75, 3.05) is 5.43 Å². The van der Waals surface area contributed by atoms with Gasteiger partial charge in [-0.3, -0.25) is 18.5 Å². The number of nitrogens with one attached hydrogen (secondary N) is 1. The molecule has 192 valence electrons. The summed E-state index contributed by atoms with van der Waals surface area (Å²) < 4.78 is 23.2. The highest BCUT2D eigenvalue weighted by Gasteiger charge is 2.19. The van der Waals surface area contributed by atoms with Crippen LogP contribution >= 0.6 is 0 Å². The molecule has 0 fully saturated rings. The number of nitrogens with zero attached hydrogens (tertiary/aromatic N) is 5. The third kappa shape index (κ3) is 5.10. The summed E-state index contributed by atoms with van der Waals surface area (Å²) in [6.45, 7) is 0.692. The van der Waals surface area contributed by atoms with Crippen LogP contribution in [0.25, 0.3) is 11.2 Å². The van der Waals surface area contributed by atoms with Gasteiger partial charge in [-0.15, -0.1) is 0 Å². The molecular weight excluding hydrogens is 487 g/mol. The van der Waals surface area contributed by atoms with E-state index >= 15 is 0 Å². The van der Waals surface area contributed by atoms with Gasteiger partial charge in [-0.2, -0.15) is 10.1 Å². The number of hydrazone groups is 1. The quantitative estimate of drug-likeness (QED) is 0.253. The van der Waals surface area contributed by atoms with E-state index in [0.717, 1.165) is 27.0 Å². The van der Waals surface area contributed by atoms with Gasteiger partial charge in [0.05, 0.1) is 12.8 Å². The zero-order valence-corrected chi connectivity index (χ0v) is 20.8. The minimum Gasteiger partial charge on any atom is -0.489 e. The Kier molecular flexibility index (Phi) is 6.86. The van der Waals surface area contributed by atoms with Gasteiger partial charge in [0.15, 0.2) is 11.2 Å². The number of hydrogen-bond acceptors (Lipinski definition) is 6. The maximum absolute atomic E-state index is 13.4. The molecule has 3 aromatic carbocycles. The van der Waals surface area contributed by atoms with E-state index in [0.29, 0.717) is 6.61 Å². The summed E-state index contributed by atoms with van der Waals surface area (Å²) in [5.41, 5.74) is 5.02. The largest absolute Gasteiger partial charge is 0.489 e. The number of anilines is 1. The van der Waals surface area contributed by atoms with Crippen LogP contribution in [-0.2, 0) is 27.2 Å². The predicted molar refractivity (Wildman–Crippen MR) is 144 cm³/mol. The Balaban J connectivity index is 1.39. The molecule has 0 atom stereocenters. The fourth-order valence-electron chi connectivity index (χ4n) is 4.01. The topological polar surface area (TPSA) is 95.4 Å². The molecule has 9 nitrogen and oxygen atoms in total. The van der Waals surface area contributed by atoms with E-state index in [1.54, 1.807) is 30.0 Å². The average Bonchev–Trinajstić information content (AvgIpc) is 3.30. The van der Waals surface area contributed by atoms with Crippen LogP contribution < -0.4 is 21.4 Å². The van der Waals surface area contributed by atoms with Crippen LogP contribution in [0, 0.1) is 5.82 Å². The van der Waals surface area contributed by atoms with Gasteiger partial charge in [0.1, 0.15) is 18.2 Å². The fraction of sp³-hybridized carbons (Fsp3) is 0.143. The molecule has 0 aliphatic heterocycles. The normalized spacial score (nSPS) is 11.3. The Hall–Kier alpha value is -4.99. The average molecular weight is 513 g/mol. The molecule has 0 bridgehead atoms. The van der Waals surface area contributed by atoms with Gasteiger partial charge >= 0.3 is 5.69 Å². The Labute approximate surface area is 217 Å². The van der Waals surface area contributed by atoms with E-state index < -0.39 is 11.2 Å². The Bertz CT molecular complexity index is 1720. The highest BCUT2D eigenvalue weighted by atomic mass is 19.1. The molecule has 0 aliphatic rings. The lowest BCUT2D eigenvalue weighted by Gasteiger charge is -2.09. The first-order valence-electron chi connectivity index (χ1n) is 11.9.